The number of hydrogen-bond donors (Lipinski definition) is 4. The van der Waals surface area contributed by atoms with Crippen molar-refractivity contribution in [3.05, 3.63) is 42.6 Å². The highest BCUT2D eigenvalue weighted by molar-refractivity contribution is 5.43. The maximum atomic E-state index is 8.73. The molecule has 0 amide bonds. The third-order valence-corrected chi connectivity index (χ3v) is 1.71. The maximum Gasteiger partial charge on any atom is 0.165 e. The van der Waals surface area contributed by atoms with Gasteiger partial charge in [-0.25, -0.2) is 4.98 Å². The molecule has 16 heavy (non-hydrogen) atoms. The quantitative estimate of drug-likeness (QED) is 0.395. The Morgan fingerprint density at radius 3 is 1.94 bits per heavy atom. The van der Waals surface area contributed by atoms with Crippen LogP contribution in [-0.2, 0) is 0 Å². The summed E-state index contributed by atoms with van der Waals surface area (Å²) in [4.78, 5) is 3.61. The Hall–Kier alpha value is -2.43. The lowest BCUT2D eigenvalue weighted by molar-refractivity contribution is 0.475. The number of hydrogen-bond acceptors (Lipinski definition) is 5. The van der Waals surface area contributed by atoms with Crippen LogP contribution in [-0.4, -0.2) is 15.2 Å². The number of nitrogens with two attached hydrogens (primary N) is 2. The van der Waals surface area contributed by atoms with Gasteiger partial charge in [0, 0.05) is 11.9 Å². The Bertz CT molecular complexity index is 401. The van der Waals surface area contributed by atoms with Crippen molar-refractivity contribution >= 4 is 11.5 Å². The van der Waals surface area contributed by atoms with Crippen LogP contribution >= 0.6 is 0 Å². The highest BCUT2D eigenvalue weighted by Crippen LogP contribution is 2.12. The van der Waals surface area contributed by atoms with Crippen LogP contribution in [0.1, 0.15) is 0 Å². The molecule has 1 heterocycles. The number of phenolic OH excluding ortho intramolecular Hbond substituents is 1. The van der Waals surface area contributed by atoms with E-state index in [1.165, 1.54) is 12.3 Å². The summed E-state index contributed by atoms with van der Waals surface area (Å²) in [7, 11) is 0. The van der Waals surface area contributed by atoms with Crippen LogP contribution in [0.15, 0.2) is 42.6 Å². The highest BCUT2D eigenvalue weighted by Gasteiger charge is 1.89. The monoisotopic (exact) mass is 219 g/mol. The molecule has 1 aromatic heterocycles. The summed E-state index contributed by atoms with van der Waals surface area (Å²) >= 11 is 0. The summed E-state index contributed by atoms with van der Waals surface area (Å²) in [5.41, 5.74) is 11.1. The van der Waals surface area contributed by atoms with Crippen molar-refractivity contribution in [1.29, 1.82) is 0 Å². The van der Waals surface area contributed by atoms with Crippen molar-refractivity contribution in [3.8, 4) is 11.5 Å². The van der Waals surface area contributed by atoms with Gasteiger partial charge in [-0.3, -0.25) is 0 Å². The van der Waals surface area contributed by atoms with E-state index in [0.717, 1.165) is 0 Å². The number of phenols is 1. The first-order valence-electron chi connectivity index (χ1n) is 4.53. The minimum Gasteiger partial charge on any atom is -0.508 e. The number of pyridine rings is 1. The van der Waals surface area contributed by atoms with Crippen LogP contribution in [0.5, 0.6) is 11.5 Å². The van der Waals surface area contributed by atoms with Crippen LogP contribution in [0.4, 0.5) is 11.5 Å². The lowest BCUT2D eigenvalue weighted by Crippen LogP contribution is -1.87. The molecule has 2 aromatic rings. The van der Waals surface area contributed by atoms with E-state index in [1.807, 2.05) is 0 Å². The summed E-state index contributed by atoms with van der Waals surface area (Å²) in [6.45, 7) is 0. The molecule has 0 aliphatic heterocycles. The van der Waals surface area contributed by atoms with E-state index in [4.69, 9.17) is 21.7 Å². The number of nitrogens with zero attached hydrogens (tertiary/aromatic N) is 1. The fraction of sp³-hybridized carbons (Fsp3) is 0. The van der Waals surface area contributed by atoms with Gasteiger partial charge >= 0.3 is 0 Å². The van der Waals surface area contributed by atoms with Gasteiger partial charge in [0.15, 0.2) is 11.6 Å². The highest BCUT2D eigenvalue weighted by atomic mass is 16.3. The van der Waals surface area contributed by atoms with Crippen LogP contribution in [0.3, 0.4) is 0 Å². The predicted octanol–water partition coefficient (Wildman–Crippen LogP) is 1.34. The second-order valence-corrected chi connectivity index (χ2v) is 3.00. The van der Waals surface area contributed by atoms with E-state index in [9.17, 15) is 0 Å². The van der Waals surface area contributed by atoms with Crippen LogP contribution in [0.2, 0.25) is 0 Å². The van der Waals surface area contributed by atoms with Gasteiger partial charge in [0.05, 0.1) is 0 Å². The zero-order valence-corrected chi connectivity index (χ0v) is 8.54. The fourth-order valence-corrected chi connectivity index (χ4v) is 0.883. The minimum absolute atomic E-state index is 0.0347. The van der Waals surface area contributed by atoms with Crippen molar-refractivity contribution in [2.24, 2.45) is 0 Å². The Balaban J connectivity index is 0.000000160. The number of nitrogen functional groups attached to an aromatic ring is 2. The molecule has 0 spiro atoms. The zero-order valence-electron chi connectivity index (χ0n) is 8.54. The van der Waals surface area contributed by atoms with E-state index in [-0.39, 0.29) is 17.3 Å². The maximum absolute atomic E-state index is 8.73. The van der Waals surface area contributed by atoms with E-state index in [1.54, 1.807) is 30.3 Å². The second-order valence-electron chi connectivity index (χ2n) is 3.00. The standard InChI is InChI=1S/C6H7NO.C5H6N2O/c7-5-1-3-6(8)4-2-5;6-5-4(8)2-1-3-7-5/h1-4,8H,7H2;1-3,8H,(H2,6,7). The molecule has 0 bridgehead atoms. The first-order chi connectivity index (χ1) is 7.59. The molecule has 2 rings (SSSR count). The number of anilines is 2. The van der Waals surface area contributed by atoms with Gasteiger partial charge in [-0.05, 0) is 36.4 Å². The van der Waals surface area contributed by atoms with E-state index in [2.05, 4.69) is 4.98 Å². The van der Waals surface area contributed by atoms with Crippen LogP contribution < -0.4 is 11.5 Å². The zero-order chi connectivity index (χ0) is 12.0. The van der Waals surface area contributed by atoms with Crippen molar-refractivity contribution in [1.82, 2.24) is 4.98 Å². The van der Waals surface area contributed by atoms with Crippen molar-refractivity contribution in [3.63, 3.8) is 0 Å². The van der Waals surface area contributed by atoms with E-state index in [0.29, 0.717) is 5.69 Å². The molecule has 0 atom stereocenters. The van der Waals surface area contributed by atoms with Gasteiger partial charge in [0.1, 0.15) is 5.75 Å². The first-order valence-corrected chi connectivity index (χ1v) is 4.53. The topological polar surface area (TPSA) is 105 Å². The van der Waals surface area contributed by atoms with E-state index < -0.39 is 0 Å². The summed E-state index contributed by atoms with van der Waals surface area (Å²) < 4.78 is 0. The molecule has 0 saturated carbocycles. The van der Waals surface area contributed by atoms with Gasteiger partial charge in [-0.2, -0.15) is 0 Å². The van der Waals surface area contributed by atoms with Gasteiger partial charge in [-0.15, -0.1) is 0 Å². The van der Waals surface area contributed by atoms with Gasteiger partial charge in [-0.1, -0.05) is 0 Å². The predicted molar refractivity (Wildman–Crippen MR) is 62.8 cm³/mol. The normalized spacial score (nSPS) is 9.00. The summed E-state index contributed by atoms with van der Waals surface area (Å²) in [6.07, 6.45) is 1.52. The van der Waals surface area contributed by atoms with Gasteiger partial charge in [0.25, 0.3) is 0 Å². The molecule has 0 unspecified atom stereocenters. The van der Waals surface area contributed by atoms with Crippen molar-refractivity contribution in [2.45, 2.75) is 0 Å². The molecule has 84 valence electrons. The smallest absolute Gasteiger partial charge is 0.165 e. The Labute approximate surface area is 93.0 Å². The lowest BCUT2D eigenvalue weighted by Gasteiger charge is -1.91. The van der Waals surface area contributed by atoms with E-state index >= 15 is 0 Å². The number of aromatic hydroxyl groups is 2. The third kappa shape index (κ3) is 3.75. The molecule has 0 radical (unpaired) electrons. The number of rotatable bonds is 0. The molecular formula is C11H13N3O2. The molecule has 0 aliphatic rings. The molecule has 0 saturated heterocycles. The molecule has 0 aliphatic carbocycles. The third-order valence-electron chi connectivity index (χ3n) is 1.71. The van der Waals surface area contributed by atoms with Crippen molar-refractivity contribution in [2.75, 3.05) is 11.5 Å². The average molecular weight is 219 g/mol. The molecule has 5 heteroatoms. The summed E-state index contributed by atoms with van der Waals surface area (Å²) in [5, 5.41) is 17.4. The Kier molecular flexibility index (Phi) is 3.97. The largest absolute Gasteiger partial charge is 0.508 e. The average Bonchev–Trinajstić information content (AvgIpc) is 2.28. The molecule has 0 fully saturated rings. The van der Waals surface area contributed by atoms with Gasteiger partial charge < -0.3 is 21.7 Å². The Morgan fingerprint density at radius 2 is 1.56 bits per heavy atom. The SMILES string of the molecule is Nc1ccc(O)cc1.Nc1ncccc1O. The van der Waals surface area contributed by atoms with Crippen LogP contribution in [0, 0.1) is 0 Å². The number of benzene rings is 1. The second kappa shape index (κ2) is 5.45. The minimum atomic E-state index is 0.0347. The number of aromatic nitrogens is 1. The fourth-order valence-electron chi connectivity index (χ4n) is 0.883. The molecule has 1 aromatic carbocycles. The lowest BCUT2D eigenvalue weighted by atomic mass is 10.3. The van der Waals surface area contributed by atoms with Crippen molar-refractivity contribution < 1.29 is 10.2 Å². The summed E-state index contributed by atoms with van der Waals surface area (Å²) in [6, 6.07) is 9.50. The first kappa shape index (κ1) is 11.6. The summed E-state index contributed by atoms with van der Waals surface area (Å²) in [5.74, 6) is 0.458. The molecule has 6 N–H and O–H groups in total. The van der Waals surface area contributed by atoms with Gasteiger partial charge in [0.2, 0.25) is 0 Å². The molecule has 5 nitrogen and oxygen atoms in total. The Morgan fingerprint density at radius 1 is 0.938 bits per heavy atom. The van der Waals surface area contributed by atoms with Crippen LogP contribution in [0.25, 0.3) is 0 Å². The molecular weight excluding hydrogens is 206 g/mol.